The summed E-state index contributed by atoms with van der Waals surface area (Å²) in [6.07, 6.45) is 1.60. The van der Waals surface area contributed by atoms with Gasteiger partial charge in [0, 0.05) is 11.8 Å². The Hall–Kier alpha value is -1.43. The third-order valence-corrected chi connectivity index (χ3v) is 6.84. The number of aliphatic carboxylic acids is 1. The second kappa shape index (κ2) is 8.52. The fraction of sp³-hybridized carbons (Fsp3) is 0.571. The molecule has 3 atom stereocenters. The van der Waals surface area contributed by atoms with E-state index in [-0.39, 0.29) is 4.48 Å². The molecule has 1 amide bonds. The van der Waals surface area contributed by atoms with E-state index in [1.807, 2.05) is 13.8 Å². The molecule has 1 fully saturated rings. The maximum atomic E-state index is 13.4. The first-order valence-electron chi connectivity index (χ1n) is 9.65. The highest BCUT2D eigenvalue weighted by Gasteiger charge is 2.59. The van der Waals surface area contributed by atoms with Crippen molar-refractivity contribution in [3.05, 3.63) is 33.8 Å². The average molecular weight is 429 g/mol. The van der Waals surface area contributed by atoms with E-state index in [2.05, 4.69) is 0 Å². The van der Waals surface area contributed by atoms with Gasteiger partial charge in [-0.25, -0.2) is 14.1 Å². The van der Waals surface area contributed by atoms with Crippen LogP contribution < -0.4 is 0 Å². The Bertz CT molecular complexity index is 793. The Balaban J connectivity index is 2.54. The second-order valence-corrected chi connectivity index (χ2v) is 9.02. The topological polar surface area (TPSA) is 71.4 Å². The lowest BCUT2D eigenvalue weighted by Crippen LogP contribution is -2.63. The minimum absolute atomic E-state index is 0.319. The van der Waals surface area contributed by atoms with Crippen molar-refractivity contribution in [3.8, 4) is 0 Å². The molecule has 7 heteroatoms. The molecule has 1 aliphatic rings. The fourth-order valence-electron chi connectivity index (χ4n) is 4.12. The summed E-state index contributed by atoms with van der Waals surface area (Å²) in [5.74, 6) is -2.58. The molecule has 5 nitrogen and oxygen atoms in total. The van der Waals surface area contributed by atoms with E-state index in [0.29, 0.717) is 42.4 Å². The summed E-state index contributed by atoms with van der Waals surface area (Å²) >= 11 is 12.1. The van der Waals surface area contributed by atoms with E-state index in [0.717, 1.165) is 5.56 Å². The van der Waals surface area contributed by atoms with Crippen LogP contribution in [0.4, 0.5) is 0 Å². The van der Waals surface area contributed by atoms with Crippen LogP contribution in [-0.2, 0) is 14.4 Å². The molecule has 1 aliphatic heterocycles. The first-order valence-corrected chi connectivity index (χ1v) is 10.4. The number of carbonyl (C=O) groups excluding carboxylic acids is 2. The van der Waals surface area contributed by atoms with E-state index >= 15 is 0 Å². The molecule has 2 rings (SSSR count). The van der Waals surface area contributed by atoms with Crippen molar-refractivity contribution in [1.29, 1.82) is 0 Å². The van der Waals surface area contributed by atoms with Gasteiger partial charge < -0.3 is 5.11 Å². The monoisotopic (exact) mass is 428 g/mol. The lowest BCUT2D eigenvalue weighted by atomic mass is 9.83. The second-order valence-electron chi connectivity index (χ2n) is 8.20. The zero-order valence-electron chi connectivity index (χ0n) is 16.8. The number of halogens is 2. The Morgan fingerprint density at radius 3 is 2.32 bits per heavy atom. The molecule has 0 saturated carbocycles. The number of quaternary nitrogens is 1. The number of nitrogens with zero attached hydrogens (tertiary/aromatic N) is 1. The van der Waals surface area contributed by atoms with E-state index < -0.39 is 35.0 Å². The molecule has 1 saturated heterocycles. The zero-order valence-corrected chi connectivity index (χ0v) is 18.3. The van der Waals surface area contributed by atoms with Gasteiger partial charge in [0.25, 0.3) is 5.78 Å². The molecule has 1 heterocycles. The zero-order chi connectivity index (χ0) is 21.3. The Labute approximate surface area is 176 Å². The molecule has 154 valence electrons. The van der Waals surface area contributed by atoms with Crippen LogP contribution in [0.1, 0.15) is 58.4 Å². The maximum Gasteiger partial charge on any atom is 0.383 e. The van der Waals surface area contributed by atoms with E-state index in [1.54, 1.807) is 32.0 Å². The van der Waals surface area contributed by atoms with E-state index in [4.69, 9.17) is 23.2 Å². The highest BCUT2D eigenvalue weighted by atomic mass is 35.5. The summed E-state index contributed by atoms with van der Waals surface area (Å²) in [6.45, 7) is 7.86. The number of amides is 1. The van der Waals surface area contributed by atoms with Crippen LogP contribution >= 0.6 is 23.2 Å². The number of carboxylic acids is 1. The smallest absolute Gasteiger partial charge is 0.383 e. The summed E-state index contributed by atoms with van der Waals surface area (Å²) < 4.78 is -0.334. The SMILES string of the molecule is CCC[N+]1(C(=O)C(=O)C(C)(C)CC)CCC(c2ccc(Cl)c(Cl)c2)[C@H]1C(=O)O. The van der Waals surface area contributed by atoms with Gasteiger partial charge in [0.15, 0.2) is 0 Å². The average Bonchev–Trinajstić information content (AvgIpc) is 3.03. The van der Waals surface area contributed by atoms with Crippen LogP contribution in [0.5, 0.6) is 0 Å². The summed E-state index contributed by atoms with van der Waals surface area (Å²) in [5.41, 5.74) is -0.0891. The van der Waals surface area contributed by atoms with Crippen molar-refractivity contribution in [2.75, 3.05) is 13.1 Å². The third-order valence-electron chi connectivity index (χ3n) is 6.10. The number of hydrogen-bond acceptors (Lipinski definition) is 3. The van der Waals surface area contributed by atoms with Crippen molar-refractivity contribution < 1.29 is 24.0 Å². The van der Waals surface area contributed by atoms with Crippen LogP contribution in [0.2, 0.25) is 10.0 Å². The molecule has 1 aromatic rings. The van der Waals surface area contributed by atoms with Gasteiger partial charge >= 0.3 is 11.9 Å². The van der Waals surface area contributed by atoms with Crippen LogP contribution in [0.3, 0.4) is 0 Å². The molecule has 1 N–H and O–H groups in total. The first kappa shape index (κ1) is 22.9. The molecule has 1 aromatic carbocycles. The maximum absolute atomic E-state index is 13.4. The number of rotatable bonds is 7. The molecule has 28 heavy (non-hydrogen) atoms. The lowest BCUT2D eigenvalue weighted by Gasteiger charge is -2.37. The number of benzene rings is 1. The molecular formula is C21H28Cl2NO4+. The van der Waals surface area contributed by atoms with Gasteiger partial charge in [-0.1, -0.05) is 57.0 Å². The highest BCUT2D eigenvalue weighted by Crippen LogP contribution is 2.42. The van der Waals surface area contributed by atoms with Crippen molar-refractivity contribution in [2.24, 2.45) is 5.41 Å². The largest absolute Gasteiger partial charge is 0.477 e. The standard InChI is InChI=1S/C21H27Cl2NO4/c1-5-10-24(19(26)18(25)21(3,4)6-2)11-9-14(17(24)20(27)28)13-7-8-15(22)16(23)12-13/h7-8,12,14,17H,5-6,9-11H2,1-4H3/p+1/t14?,17-,24?/m0/s1. The number of ketones is 1. The van der Waals surface area contributed by atoms with Crippen LogP contribution in [0.25, 0.3) is 0 Å². The quantitative estimate of drug-likeness (QED) is 0.504. The van der Waals surface area contributed by atoms with Crippen LogP contribution in [0, 0.1) is 5.41 Å². The molecule has 0 aliphatic carbocycles. The van der Waals surface area contributed by atoms with Crippen molar-refractivity contribution in [2.45, 2.75) is 58.9 Å². The van der Waals surface area contributed by atoms with Gasteiger partial charge in [0.1, 0.15) is 0 Å². The van der Waals surface area contributed by atoms with E-state index in [1.165, 1.54) is 0 Å². The van der Waals surface area contributed by atoms with Gasteiger partial charge in [-0.2, -0.15) is 0 Å². The molecule has 0 spiro atoms. The Morgan fingerprint density at radius 1 is 1.18 bits per heavy atom. The first-order chi connectivity index (χ1) is 13.0. The van der Waals surface area contributed by atoms with Gasteiger partial charge in [-0.05, 0) is 30.5 Å². The predicted molar refractivity (Wildman–Crippen MR) is 110 cm³/mol. The summed E-state index contributed by atoms with van der Waals surface area (Å²) in [6, 6.07) is 4.03. The third kappa shape index (κ3) is 3.98. The molecular weight excluding hydrogens is 401 g/mol. The Morgan fingerprint density at radius 2 is 1.82 bits per heavy atom. The molecule has 0 aromatic heterocycles. The van der Waals surface area contributed by atoms with Crippen LogP contribution in [0.15, 0.2) is 18.2 Å². The van der Waals surface area contributed by atoms with Gasteiger partial charge in [-0.15, -0.1) is 0 Å². The summed E-state index contributed by atoms with van der Waals surface area (Å²) in [7, 11) is 0. The predicted octanol–water partition coefficient (Wildman–Crippen LogP) is 4.69. The normalized spacial score (nSPS) is 24.9. The number of Topliss-reactive ketones (excluding diaryl/α,β-unsaturated/α-hetero) is 1. The number of likely N-dealkylation sites (tertiary alicyclic amines) is 1. The number of carboxylic acid groups (broad SMARTS) is 1. The summed E-state index contributed by atoms with van der Waals surface area (Å²) in [4.78, 5) is 38.7. The summed E-state index contributed by atoms with van der Waals surface area (Å²) in [5, 5.41) is 10.8. The number of carbonyl (C=O) groups is 3. The molecule has 2 unspecified atom stereocenters. The fourth-order valence-corrected chi connectivity index (χ4v) is 4.42. The minimum atomic E-state index is -1.07. The van der Waals surface area contributed by atoms with Crippen molar-refractivity contribution >= 4 is 40.9 Å². The highest BCUT2D eigenvalue weighted by molar-refractivity contribution is 6.42. The van der Waals surface area contributed by atoms with Gasteiger partial charge in [0.05, 0.1) is 29.1 Å². The number of hydrogen-bond donors (Lipinski definition) is 1. The minimum Gasteiger partial charge on any atom is -0.477 e. The van der Waals surface area contributed by atoms with Gasteiger partial charge in [0.2, 0.25) is 6.04 Å². The Kier molecular flexibility index (Phi) is 6.95. The van der Waals surface area contributed by atoms with Gasteiger partial charge in [-0.3, -0.25) is 4.79 Å². The molecule has 0 radical (unpaired) electrons. The van der Waals surface area contributed by atoms with Crippen LogP contribution in [-0.4, -0.2) is 46.4 Å². The molecule has 0 bridgehead atoms. The van der Waals surface area contributed by atoms with E-state index in [9.17, 15) is 19.5 Å². The van der Waals surface area contributed by atoms with Crippen molar-refractivity contribution in [3.63, 3.8) is 0 Å². The lowest BCUT2D eigenvalue weighted by molar-refractivity contribution is -0.855. The van der Waals surface area contributed by atoms with Crippen molar-refractivity contribution in [1.82, 2.24) is 0 Å².